The Labute approximate surface area is 201 Å². The lowest BCUT2D eigenvalue weighted by molar-refractivity contribution is -0.385. The Kier molecular flexibility index (Phi) is 9.37. The molecule has 0 saturated carbocycles. The van der Waals surface area contributed by atoms with Crippen LogP contribution < -0.4 is 26.0 Å². The van der Waals surface area contributed by atoms with Gasteiger partial charge < -0.3 is 25.8 Å². The van der Waals surface area contributed by atoms with E-state index in [-0.39, 0.29) is 30.2 Å². The number of nitrogens with one attached hydrogen (secondary N) is 4. The second kappa shape index (κ2) is 12.9. The molecule has 186 valence electrons. The van der Waals surface area contributed by atoms with Gasteiger partial charge in [-0.15, -0.1) is 0 Å². The predicted molar refractivity (Wildman–Crippen MR) is 129 cm³/mol. The quantitative estimate of drug-likeness (QED) is 0.167. The number of nitro benzene ring substituents is 1. The Morgan fingerprint density at radius 1 is 1.23 bits per heavy atom. The van der Waals surface area contributed by atoms with E-state index in [4.69, 9.17) is 4.74 Å². The summed E-state index contributed by atoms with van der Waals surface area (Å²) in [6, 6.07) is 12.1. The van der Waals surface area contributed by atoms with Gasteiger partial charge in [-0.1, -0.05) is 30.3 Å². The highest BCUT2D eigenvalue weighted by Crippen LogP contribution is 2.28. The first-order valence-electron chi connectivity index (χ1n) is 11.2. The van der Waals surface area contributed by atoms with Crippen LogP contribution >= 0.6 is 0 Å². The number of carbonyl (C=O) groups excluding carboxylic acids is 1. The number of carboxylic acid groups (broad SMARTS) is 1. The standard InChI is InChI=1S/C23H28N6O6/c30-21(28-15-18(22(31)32)27-14-16-5-2-1-3-6-16)17-7-8-20(19(13-17)29(33)34)35-12-11-26-23-24-9-4-10-25-23/h1-3,5-8,13,18,27H,4,9-12,14-15H2,(H,28,30)(H,31,32)(H2,24,25,26)/t18-/m0/s1. The minimum Gasteiger partial charge on any atom is -0.485 e. The second-order valence-corrected chi connectivity index (χ2v) is 7.69. The fourth-order valence-electron chi connectivity index (χ4n) is 3.29. The summed E-state index contributed by atoms with van der Waals surface area (Å²) in [4.78, 5) is 39.2. The number of aliphatic imine (C=N–C) groups is 1. The first kappa shape index (κ1) is 25.4. The fourth-order valence-corrected chi connectivity index (χ4v) is 3.29. The summed E-state index contributed by atoms with van der Waals surface area (Å²) in [7, 11) is 0. The highest BCUT2D eigenvalue weighted by atomic mass is 16.6. The minimum atomic E-state index is -1.13. The van der Waals surface area contributed by atoms with Gasteiger partial charge in [0.2, 0.25) is 0 Å². The number of amides is 1. The Morgan fingerprint density at radius 3 is 2.71 bits per heavy atom. The van der Waals surface area contributed by atoms with E-state index in [1.165, 1.54) is 12.1 Å². The number of nitro groups is 1. The van der Waals surface area contributed by atoms with Crippen LogP contribution in [0.4, 0.5) is 5.69 Å². The molecule has 1 amide bonds. The van der Waals surface area contributed by atoms with Crippen molar-refractivity contribution in [3.8, 4) is 5.75 Å². The molecule has 0 aromatic heterocycles. The van der Waals surface area contributed by atoms with E-state index in [0.29, 0.717) is 19.0 Å². The van der Waals surface area contributed by atoms with Crippen LogP contribution in [0.2, 0.25) is 0 Å². The van der Waals surface area contributed by atoms with Crippen molar-refractivity contribution in [1.82, 2.24) is 21.3 Å². The number of guanidine groups is 1. The summed E-state index contributed by atoms with van der Waals surface area (Å²) in [5.41, 5.74) is 0.562. The Morgan fingerprint density at radius 2 is 2.03 bits per heavy atom. The number of rotatable bonds is 12. The summed E-state index contributed by atoms with van der Waals surface area (Å²) < 4.78 is 5.52. The van der Waals surface area contributed by atoms with Crippen LogP contribution in [-0.4, -0.2) is 66.7 Å². The van der Waals surface area contributed by atoms with E-state index >= 15 is 0 Å². The van der Waals surface area contributed by atoms with Crippen molar-refractivity contribution >= 4 is 23.5 Å². The van der Waals surface area contributed by atoms with Crippen molar-refractivity contribution in [2.45, 2.75) is 19.0 Å². The average molecular weight is 485 g/mol. The molecule has 1 atom stereocenters. The highest BCUT2D eigenvalue weighted by Gasteiger charge is 2.21. The molecule has 0 radical (unpaired) electrons. The maximum Gasteiger partial charge on any atom is 0.322 e. The summed E-state index contributed by atoms with van der Waals surface area (Å²) in [5, 5.41) is 32.5. The van der Waals surface area contributed by atoms with Crippen molar-refractivity contribution in [2.24, 2.45) is 4.99 Å². The van der Waals surface area contributed by atoms with Crippen LogP contribution in [-0.2, 0) is 11.3 Å². The molecule has 1 aliphatic rings. The lowest BCUT2D eigenvalue weighted by atomic mass is 10.1. The van der Waals surface area contributed by atoms with Crippen LogP contribution in [0.3, 0.4) is 0 Å². The summed E-state index contributed by atoms with van der Waals surface area (Å²) >= 11 is 0. The van der Waals surface area contributed by atoms with Gasteiger partial charge in [0, 0.05) is 37.8 Å². The zero-order valence-electron chi connectivity index (χ0n) is 19.0. The van der Waals surface area contributed by atoms with E-state index in [1.54, 1.807) is 0 Å². The molecule has 1 aliphatic heterocycles. The zero-order chi connectivity index (χ0) is 25.0. The van der Waals surface area contributed by atoms with Crippen LogP contribution in [0.15, 0.2) is 53.5 Å². The number of carbonyl (C=O) groups is 2. The fraction of sp³-hybridized carbons (Fsp3) is 0.348. The second-order valence-electron chi connectivity index (χ2n) is 7.69. The SMILES string of the molecule is O=C(NC[C@H](NCc1ccccc1)C(=O)O)c1ccc(OCCNC2=NCCCN2)c([N+](=O)[O-])c1. The molecule has 1 heterocycles. The summed E-state index contributed by atoms with van der Waals surface area (Å²) in [6.45, 7) is 2.22. The molecule has 2 aromatic rings. The van der Waals surface area contributed by atoms with Crippen LogP contribution in [0.25, 0.3) is 0 Å². The molecule has 12 heteroatoms. The number of benzene rings is 2. The average Bonchev–Trinajstić information content (AvgIpc) is 2.87. The number of ether oxygens (including phenoxy) is 1. The van der Waals surface area contributed by atoms with Gasteiger partial charge in [-0.2, -0.15) is 0 Å². The highest BCUT2D eigenvalue weighted by molar-refractivity contribution is 5.95. The molecular formula is C23H28N6O6. The van der Waals surface area contributed by atoms with Crippen molar-refractivity contribution < 1.29 is 24.4 Å². The number of aliphatic carboxylic acids is 1. The molecule has 0 unspecified atom stereocenters. The van der Waals surface area contributed by atoms with Gasteiger partial charge in [0.1, 0.15) is 12.6 Å². The van der Waals surface area contributed by atoms with E-state index in [9.17, 15) is 24.8 Å². The van der Waals surface area contributed by atoms with Crippen molar-refractivity contribution in [3.05, 3.63) is 69.8 Å². The molecular weight excluding hydrogens is 456 g/mol. The third kappa shape index (κ3) is 7.96. The molecule has 35 heavy (non-hydrogen) atoms. The largest absolute Gasteiger partial charge is 0.485 e. The maximum absolute atomic E-state index is 12.5. The van der Waals surface area contributed by atoms with Crippen molar-refractivity contribution in [3.63, 3.8) is 0 Å². The summed E-state index contributed by atoms with van der Waals surface area (Å²) in [5.74, 6) is -1.06. The monoisotopic (exact) mass is 484 g/mol. The van der Waals surface area contributed by atoms with Gasteiger partial charge >= 0.3 is 11.7 Å². The molecule has 0 spiro atoms. The van der Waals surface area contributed by atoms with Gasteiger partial charge in [0.05, 0.1) is 11.5 Å². The number of carboxylic acids is 1. The number of hydrogen-bond donors (Lipinski definition) is 5. The normalized spacial score (nSPS) is 13.7. The summed E-state index contributed by atoms with van der Waals surface area (Å²) in [6.07, 6.45) is 0.967. The Bertz CT molecular complexity index is 1060. The molecule has 0 bridgehead atoms. The van der Waals surface area contributed by atoms with Gasteiger partial charge in [-0.3, -0.25) is 30.0 Å². The van der Waals surface area contributed by atoms with E-state index < -0.39 is 22.8 Å². The predicted octanol–water partition coefficient (Wildman–Crippen LogP) is 0.885. The minimum absolute atomic E-state index is 0.0233. The first-order chi connectivity index (χ1) is 16.9. The van der Waals surface area contributed by atoms with Gasteiger partial charge in [-0.05, 0) is 24.1 Å². The Balaban J connectivity index is 1.54. The van der Waals surface area contributed by atoms with E-state index in [0.717, 1.165) is 31.1 Å². The number of hydrogen-bond acceptors (Lipinski definition) is 9. The molecule has 2 aromatic carbocycles. The van der Waals surface area contributed by atoms with Gasteiger partial charge in [0.15, 0.2) is 11.7 Å². The van der Waals surface area contributed by atoms with Crippen LogP contribution in [0.5, 0.6) is 5.75 Å². The molecule has 3 rings (SSSR count). The Hall–Kier alpha value is -4.19. The smallest absolute Gasteiger partial charge is 0.322 e. The first-order valence-corrected chi connectivity index (χ1v) is 11.2. The molecule has 0 fully saturated rings. The van der Waals surface area contributed by atoms with Gasteiger partial charge in [-0.25, -0.2) is 0 Å². The zero-order valence-corrected chi connectivity index (χ0v) is 19.0. The van der Waals surface area contributed by atoms with Gasteiger partial charge in [0.25, 0.3) is 5.91 Å². The topological polar surface area (TPSA) is 167 Å². The molecule has 5 N–H and O–H groups in total. The van der Waals surface area contributed by atoms with E-state index in [2.05, 4.69) is 26.3 Å². The van der Waals surface area contributed by atoms with Crippen LogP contribution in [0, 0.1) is 10.1 Å². The van der Waals surface area contributed by atoms with Crippen LogP contribution in [0.1, 0.15) is 22.3 Å². The number of nitrogens with zero attached hydrogens (tertiary/aromatic N) is 2. The van der Waals surface area contributed by atoms with Crippen molar-refractivity contribution in [1.29, 1.82) is 0 Å². The van der Waals surface area contributed by atoms with Crippen molar-refractivity contribution in [2.75, 3.05) is 32.8 Å². The lowest BCUT2D eigenvalue weighted by Crippen LogP contribution is -2.45. The lowest BCUT2D eigenvalue weighted by Gasteiger charge is -2.16. The third-order valence-corrected chi connectivity index (χ3v) is 5.13. The maximum atomic E-state index is 12.5. The molecule has 0 aliphatic carbocycles. The van der Waals surface area contributed by atoms with E-state index in [1.807, 2.05) is 30.3 Å². The third-order valence-electron chi connectivity index (χ3n) is 5.13. The molecule has 12 nitrogen and oxygen atoms in total. The molecule has 0 saturated heterocycles.